The number of nitrogens with one attached hydrogen (secondary N) is 1. The summed E-state index contributed by atoms with van der Waals surface area (Å²) in [5.41, 5.74) is 0.903. The minimum Gasteiger partial charge on any atom is -0.497 e. The fourth-order valence-electron chi connectivity index (χ4n) is 1.84. The SMILES string of the molecule is COc1cccc(/C=C/C(=O)Nc2nnc(C3CC3)s2)c1. The molecule has 1 saturated carbocycles. The average Bonchev–Trinajstić information content (AvgIpc) is 3.26. The Labute approximate surface area is 126 Å². The largest absolute Gasteiger partial charge is 0.497 e. The van der Waals surface area contributed by atoms with Crippen molar-refractivity contribution < 1.29 is 9.53 Å². The van der Waals surface area contributed by atoms with E-state index in [0.717, 1.165) is 16.3 Å². The van der Waals surface area contributed by atoms with Gasteiger partial charge in [0.05, 0.1) is 7.11 Å². The molecule has 0 spiro atoms. The van der Waals surface area contributed by atoms with Crippen LogP contribution in [0.15, 0.2) is 30.3 Å². The molecule has 6 heteroatoms. The van der Waals surface area contributed by atoms with E-state index < -0.39 is 0 Å². The number of hydrogen-bond donors (Lipinski definition) is 1. The van der Waals surface area contributed by atoms with Gasteiger partial charge in [0.25, 0.3) is 0 Å². The molecule has 1 amide bonds. The Morgan fingerprint density at radius 2 is 2.29 bits per heavy atom. The fourth-order valence-corrected chi connectivity index (χ4v) is 2.76. The molecule has 1 aromatic carbocycles. The molecule has 2 aromatic rings. The second-order valence-electron chi connectivity index (χ2n) is 4.82. The second kappa shape index (κ2) is 6.05. The molecule has 1 fully saturated rings. The number of aromatic nitrogens is 2. The topological polar surface area (TPSA) is 64.1 Å². The summed E-state index contributed by atoms with van der Waals surface area (Å²) < 4.78 is 5.14. The van der Waals surface area contributed by atoms with Crippen molar-refractivity contribution in [3.63, 3.8) is 0 Å². The minimum atomic E-state index is -0.212. The van der Waals surface area contributed by atoms with Crippen LogP contribution in [-0.2, 0) is 4.79 Å². The third kappa shape index (κ3) is 3.66. The van der Waals surface area contributed by atoms with Crippen LogP contribution in [0.2, 0.25) is 0 Å². The third-order valence-electron chi connectivity index (χ3n) is 3.12. The van der Waals surface area contributed by atoms with E-state index in [2.05, 4.69) is 15.5 Å². The van der Waals surface area contributed by atoms with Crippen LogP contribution in [0, 0.1) is 0 Å². The molecule has 1 N–H and O–H groups in total. The van der Waals surface area contributed by atoms with E-state index >= 15 is 0 Å². The van der Waals surface area contributed by atoms with Crippen molar-refractivity contribution in [3.8, 4) is 5.75 Å². The molecular formula is C15H15N3O2S. The molecule has 0 aliphatic heterocycles. The Hall–Kier alpha value is -2.21. The molecule has 5 nitrogen and oxygen atoms in total. The minimum absolute atomic E-state index is 0.212. The second-order valence-corrected chi connectivity index (χ2v) is 5.83. The molecule has 0 saturated heterocycles. The molecule has 21 heavy (non-hydrogen) atoms. The zero-order valence-corrected chi connectivity index (χ0v) is 12.4. The van der Waals surface area contributed by atoms with Gasteiger partial charge in [0.1, 0.15) is 10.8 Å². The number of nitrogens with zero attached hydrogens (tertiary/aromatic N) is 2. The molecule has 3 rings (SSSR count). The number of carbonyl (C=O) groups excluding carboxylic acids is 1. The highest BCUT2D eigenvalue weighted by Gasteiger charge is 2.27. The molecule has 0 bridgehead atoms. The van der Waals surface area contributed by atoms with E-state index in [1.807, 2.05) is 24.3 Å². The third-order valence-corrected chi connectivity index (χ3v) is 4.12. The average molecular weight is 301 g/mol. The first-order chi connectivity index (χ1) is 10.2. The lowest BCUT2D eigenvalue weighted by molar-refractivity contribution is -0.111. The quantitative estimate of drug-likeness (QED) is 0.862. The summed E-state index contributed by atoms with van der Waals surface area (Å²) in [6.45, 7) is 0. The number of amides is 1. The van der Waals surface area contributed by atoms with E-state index in [9.17, 15) is 4.79 Å². The van der Waals surface area contributed by atoms with Gasteiger partial charge < -0.3 is 4.74 Å². The zero-order chi connectivity index (χ0) is 14.7. The molecular weight excluding hydrogens is 286 g/mol. The maximum atomic E-state index is 11.8. The molecule has 1 aromatic heterocycles. The summed E-state index contributed by atoms with van der Waals surface area (Å²) >= 11 is 1.45. The first-order valence-electron chi connectivity index (χ1n) is 6.71. The van der Waals surface area contributed by atoms with Crippen molar-refractivity contribution in [1.29, 1.82) is 0 Å². The molecule has 1 aliphatic carbocycles. The lowest BCUT2D eigenvalue weighted by Gasteiger charge is -2.00. The zero-order valence-electron chi connectivity index (χ0n) is 11.6. The highest BCUT2D eigenvalue weighted by molar-refractivity contribution is 7.15. The summed E-state index contributed by atoms with van der Waals surface area (Å²) in [5, 5.41) is 12.4. The highest BCUT2D eigenvalue weighted by Crippen LogP contribution is 2.41. The summed E-state index contributed by atoms with van der Waals surface area (Å²) in [4.78, 5) is 11.8. The highest BCUT2D eigenvalue weighted by atomic mass is 32.1. The van der Waals surface area contributed by atoms with E-state index in [1.54, 1.807) is 13.2 Å². The number of carbonyl (C=O) groups is 1. The van der Waals surface area contributed by atoms with Gasteiger partial charge in [0.2, 0.25) is 11.0 Å². The smallest absolute Gasteiger partial charge is 0.250 e. The number of hydrogen-bond acceptors (Lipinski definition) is 5. The van der Waals surface area contributed by atoms with Crippen molar-refractivity contribution in [2.75, 3.05) is 12.4 Å². The number of methoxy groups -OCH3 is 1. The maximum absolute atomic E-state index is 11.8. The van der Waals surface area contributed by atoms with Crippen LogP contribution >= 0.6 is 11.3 Å². The van der Waals surface area contributed by atoms with Crippen molar-refractivity contribution in [1.82, 2.24) is 10.2 Å². The van der Waals surface area contributed by atoms with Crippen LogP contribution in [0.3, 0.4) is 0 Å². The maximum Gasteiger partial charge on any atom is 0.250 e. The molecule has 0 atom stereocenters. The lowest BCUT2D eigenvalue weighted by atomic mass is 10.2. The van der Waals surface area contributed by atoms with Crippen LogP contribution < -0.4 is 10.1 Å². The Morgan fingerprint density at radius 1 is 1.43 bits per heavy atom. The van der Waals surface area contributed by atoms with Crippen LogP contribution in [0.25, 0.3) is 6.08 Å². The lowest BCUT2D eigenvalue weighted by Crippen LogP contribution is -2.07. The summed E-state index contributed by atoms with van der Waals surface area (Å²) in [5.74, 6) is 1.10. The predicted octanol–water partition coefficient (Wildman–Crippen LogP) is 3.08. The van der Waals surface area contributed by atoms with Gasteiger partial charge in [-0.2, -0.15) is 0 Å². The summed E-state index contributed by atoms with van der Waals surface area (Å²) in [7, 11) is 1.61. The van der Waals surface area contributed by atoms with Gasteiger partial charge in [-0.3, -0.25) is 10.1 Å². The monoisotopic (exact) mass is 301 g/mol. The number of anilines is 1. The van der Waals surface area contributed by atoms with Crippen molar-refractivity contribution in [3.05, 3.63) is 40.9 Å². The van der Waals surface area contributed by atoms with E-state index in [1.165, 1.54) is 30.3 Å². The first-order valence-corrected chi connectivity index (χ1v) is 7.53. The Morgan fingerprint density at radius 3 is 3.05 bits per heavy atom. The van der Waals surface area contributed by atoms with Crippen molar-refractivity contribution in [2.24, 2.45) is 0 Å². The standard InChI is InChI=1S/C15H15N3O2S/c1-20-12-4-2-3-10(9-12)5-8-13(19)16-15-18-17-14(21-15)11-6-7-11/h2-5,8-9,11H,6-7H2,1H3,(H,16,18,19)/b8-5+. The number of rotatable bonds is 5. The van der Waals surface area contributed by atoms with Crippen LogP contribution in [0.5, 0.6) is 5.75 Å². The fraction of sp³-hybridized carbons (Fsp3) is 0.267. The van der Waals surface area contributed by atoms with Crippen molar-refractivity contribution in [2.45, 2.75) is 18.8 Å². The van der Waals surface area contributed by atoms with Crippen LogP contribution in [-0.4, -0.2) is 23.2 Å². The van der Waals surface area contributed by atoms with Crippen molar-refractivity contribution >= 4 is 28.5 Å². The molecule has 0 radical (unpaired) electrons. The molecule has 0 unspecified atom stereocenters. The normalized spacial score (nSPS) is 14.3. The molecule has 1 aliphatic rings. The Kier molecular flexibility index (Phi) is 3.96. The van der Waals surface area contributed by atoms with Gasteiger partial charge in [-0.05, 0) is 36.6 Å². The predicted molar refractivity (Wildman–Crippen MR) is 82.5 cm³/mol. The summed E-state index contributed by atoms with van der Waals surface area (Å²) in [6, 6.07) is 7.50. The number of ether oxygens (including phenoxy) is 1. The summed E-state index contributed by atoms with van der Waals surface area (Å²) in [6.07, 6.45) is 5.57. The van der Waals surface area contributed by atoms with E-state index in [-0.39, 0.29) is 5.91 Å². The first kappa shape index (κ1) is 13.8. The van der Waals surface area contributed by atoms with Gasteiger partial charge >= 0.3 is 0 Å². The Balaban J connectivity index is 1.60. The van der Waals surface area contributed by atoms with Gasteiger partial charge in [0, 0.05) is 12.0 Å². The number of benzene rings is 1. The van der Waals surface area contributed by atoms with Crippen LogP contribution in [0.1, 0.15) is 29.3 Å². The van der Waals surface area contributed by atoms with Gasteiger partial charge in [-0.15, -0.1) is 10.2 Å². The van der Waals surface area contributed by atoms with Gasteiger partial charge in [-0.25, -0.2) is 0 Å². The van der Waals surface area contributed by atoms with Crippen LogP contribution in [0.4, 0.5) is 5.13 Å². The van der Waals surface area contributed by atoms with E-state index in [0.29, 0.717) is 11.0 Å². The van der Waals surface area contributed by atoms with Gasteiger partial charge in [0.15, 0.2) is 0 Å². The molecule has 108 valence electrons. The Bertz CT molecular complexity index is 677. The van der Waals surface area contributed by atoms with Gasteiger partial charge in [-0.1, -0.05) is 23.5 Å². The molecule has 1 heterocycles. The van der Waals surface area contributed by atoms with E-state index in [4.69, 9.17) is 4.74 Å².